The maximum atomic E-state index is 13.4. The molecule has 0 saturated heterocycles. The van der Waals surface area contributed by atoms with Crippen LogP contribution in [0.25, 0.3) is 0 Å². The first-order chi connectivity index (χ1) is 15.5. The monoisotopic (exact) mass is 800 g/mol. The van der Waals surface area contributed by atoms with E-state index in [1.807, 2.05) is 29.5 Å². The molecule has 1 rings (SSSR count). The van der Waals surface area contributed by atoms with Crippen LogP contribution in [-0.2, 0) is 4.79 Å². The molecular weight excluding hydrogens is 769 g/mol. The van der Waals surface area contributed by atoms with Gasteiger partial charge in [0, 0.05) is 37.9 Å². The topological polar surface area (TPSA) is 136 Å². The number of nitrogens with zero attached hydrogens (tertiary/aromatic N) is 2. The number of aliphatic hydroxyl groups excluding tert-OH is 2. The maximum absolute atomic E-state index is 13.4. The number of nitrogens with two attached hydrogens (primary N) is 1. The molecule has 0 radical (unpaired) electrons. The second-order valence-corrected chi connectivity index (χ2v) is 10.8. The van der Waals surface area contributed by atoms with Crippen LogP contribution in [0.5, 0.6) is 0 Å². The summed E-state index contributed by atoms with van der Waals surface area (Å²) in [5.74, 6) is -1.01. The van der Waals surface area contributed by atoms with E-state index < -0.39 is 11.9 Å². The molecule has 0 bridgehead atoms. The Labute approximate surface area is 235 Å². The second kappa shape index (κ2) is 15.0. The highest BCUT2D eigenvalue weighted by Gasteiger charge is 2.30. The summed E-state index contributed by atoms with van der Waals surface area (Å²) < 4.78 is 1.87. The summed E-state index contributed by atoms with van der Waals surface area (Å²) in [5.41, 5.74) is 7.03. The molecule has 1 unspecified atom stereocenters. The molecule has 0 aliphatic rings. The number of unbranched alkanes of at least 4 members (excludes halogenated alkanes) is 1. The first kappa shape index (κ1) is 30.7. The van der Waals surface area contributed by atoms with Gasteiger partial charge in [-0.1, -0.05) is 0 Å². The summed E-state index contributed by atoms with van der Waals surface area (Å²) in [6.07, 6.45) is 1.90. The molecule has 186 valence electrons. The fraction of sp³-hybridized carbons (Fsp3) is 0.571. The molecular formula is C21H31I3N4O5. The average Bonchev–Trinajstić information content (AvgIpc) is 2.76. The van der Waals surface area contributed by atoms with Crippen LogP contribution in [0.1, 0.15) is 45.5 Å². The zero-order valence-electron chi connectivity index (χ0n) is 19.0. The zero-order valence-corrected chi connectivity index (χ0v) is 25.4. The SMILES string of the molecule is Cc1c(I)c(C(=O)NC(CCCCN)C(=O)N(C)C)c(I)c(C(=O)N(CCO)CCO)c1I. The van der Waals surface area contributed by atoms with Crippen LogP contribution in [0, 0.1) is 17.6 Å². The number of rotatable bonds is 12. The Morgan fingerprint density at radius 2 is 1.52 bits per heavy atom. The highest BCUT2D eigenvalue weighted by Crippen LogP contribution is 2.32. The minimum Gasteiger partial charge on any atom is -0.395 e. The number of carbonyl (C=O) groups is 3. The van der Waals surface area contributed by atoms with Crippen molar-refractivity contribution in [3.8, 4) is 0 Å². The molecule has 9 nitrogen and oxygen atoms in total. The van der Waals surface area contributed by atoms with Crippen molar-refractivity contribution in [2.24, 2.45) is 5.73 Å². The molecule has 0 fully saturated rings. The third-order valence-electron chi connectivity index (χ3n) is 5.00. The van der Waals surface area contributed by atoms with Gasteiger partial charge in [-0.25, -0.2) is 0 Å². The van der Waals surface area contributed by atoms with Gasteiger partial charge >= 0.3 is 0 Å². The van der Waals surface area contributed by atoms with E-state index >= 15 is 0 Å². The van der Waals surface area contributed by atoms with Crippen LogP contribution >= 0.6 is 67.8 Å². The number of hydrogen-bond acceptors (Lipinski definition) is 6. The molecule has 1 aromatic carbocycles. The predicted octanol–water partition coefficient (Wildman–Crippen LogP) is 1.55. The summed E-state index contributed by atoms with van der Waals surface area (Å²) in [4.78, 5) is 42.2. The van der Waals surface area contributed by atoms with Crippen molar-refractivity contribution in [3.05, 3.63) is 27.4 Å². The zero-order chi connectivity index (χ0) is 25.3. The minimum atomic E-state index is -0.704. The quantitative estimate of drug-likeness (QED) is 0.187. The van der Waals surface area contributed by atoms with Gasteiger partial charge in [-0.3, -0.25) is 14.4 Å². The van der Waals surface area contributed by atoms with Gasteiger partial charge in [0.25, 0.3) is 11.8 Å². The van der Waals surface area contributed by atoms with Gasteiger partial charge in [0.15, 0.2) is 0 Å². The van der Waals surface area contributed by atoms with E-state index in [1.54, 1.807) is 14.1 Å². The number of likely N-dealkylation sites (N-methyl/N-ethyl adjacent to an activating group) is 1. The van der Waals surface area contributed by atoms with E-state index in [0.717, 1.165) is 12.0 Å². The summed E-state index contributed by atoms with van der Waals surface area (Å²) >= 11 is 6.16. The highest BCUT2D eigenvalue weighted by atomic mass is 127. The van der Waals surface area contributed by atoms with Crippen molar-refractivity contribution in [2.45, 2.75) is 32.2 Å². The summed E-state index contributed by atoms with van der Waals surface area (Å²) in [6.45, 7) is 1.99. The largest absolute Gasteiger partial charge is 0.395 e. The first-order valence-electron chi connectivity index (χ1n) is 10.4. The van der Waals surface area contributed by atoms with E-state index in [2.05, 4.69) is 50.5 Å². The molecule has 0 aromatic heterocycles. The summed E-state index contributed by atoms with van der Waals surface area (Å²) in [5, 5.41) is 21.5. The Morgan fingerprint density at radius 3 is 2.00 bits per heavy atom. The highest BCUT2D eigenvalue weighted by molar-refractivity contribution is 14.1. The van der Waals surface area contributed by atoms with Gasteiger partial charge in [-0.2, -0.15) is 0 Å². The van der Waals surface area contributed by atoms with Gasteiger partial charge in [0.05, 0.1) is 24.3 Å². The third kappa shape index (κ3) is 8.12. The van der Waals surface area contributed by atoms with E-state index in [0.29, 0.717) is 41.2 Å². The number of hydrogen-bond donors (Lipinski definition) is 4. The van der Waals surface area contributed by atoms with E-state index in [-0.39, 0.29) is 38.1 Å². The normalized spacial score (nSPS) is 11.8. The van der Waals surface area contributed by atoms with Gasteiger partial charge in [0.2, 0.25) is 5.91 Å². The standard InChI is InChI=1S/C21H31I3N4O5/c1-12-16(22)14(19(31)26-13(6-4-5-7-25)20(32)27(2)3)18(24)15(17(12)23)21(33)28(8-10-29)9-11-30/h13,29-30H,4-11,25H2,1-3H3,(H,26,31). The smallest absolute Gasteiger partial charge is 0.256 e. The number of carbonyl (C=O) groups excluding carboxylic acids is 3. The number of halogens is 3. The first-order valence-corrected chi connectivity index (χ1v) is 13.7. The molecule has 33 heavy (non-hydrogen) atoms. The number of benzene rings is 1. The minimum absolute atomic E-state index is 0.0681. The number of aliphatic hydroxyl groups is 2. The van der Waals surface area contributed by atoms with Crippen molar-refractivity contribution in [1.82, 2.24) is 15.1 Å². The molecule has 5 N–H and O–H groups in total. The van der Waals surface area contributed by atoms with Gasteiger partial charge in [-0.15, -0.1) is 0 Å². The Hall–Kier alpha value is -0.300. The van der Waals surface area contributed by atoms with Gasteiger partial charge in [-0.05, 0) is 106 Å². The molecule has 3 amide bonds. The van der Waals surface area contributed by atoms with Crippen molar-refractivity contribution in [1.29, 1.82) is 0 Å². The van der Waals surface area contributed by atoms with Gasteiger partial charge in [0.1, 0.15) is 6.04 Å². The molecule has 1 aromatic rings. The molecule has 0 aliphatic heterocycles. The molecule has 1 atom stereocenters. The maximum Gasteiger partial charge on any atom is 0.256 e. The van der Waals surface area contributed by atoms with Crippen molar-refractivity contribution < 1.29 is 24.6 Å². The number of amides is 3. The van der Waals surface area contributed by atoms with E-state index in [1.165, 1.54) is 9.80 Å². The Bertz CT molecular complexity index is 861. The van der Waals surface area contributed by atoms with E-state index in [9.17, 15) is 24.6 Å². The van der Waals surface area contributed by atoms with Crippen molar-refractivity contribution in [3.63, 3.8) is 0 Å². The average molecular weight is 800 g/mol. The van der Waals surface area contributed by atoms with Crippen LogP contribution in [0.15, 0.2) is 0 Å². The molecule has 0 saturated carbocycles. The summed E-state index contributed by atoms with van der Waals surface area (Å²) in [6, 6.07) is -0.704. The lowest BCUT2D eigenvalue weighted by molar-refractivity contribution is -0.130. The van der Waals surface area contributed by atoms with Crippen LogP contribution < -0.4 is 11.1 Å². The predicted molar refractivity (Wildman–Crippen MR) is 152 cm³/mol. The number of nitrogens with one attached hydrogen (secondary N) is 1. The second-order valence-electron chi connectivity index (χ2n) is 7.60. The molecule has 0 heterocycles. The van der Waals surface area contributed by atoms with E-state index in [4.69, 9.17) is 5.73 Å². The Balaban J connectivity index is 3.45. The molecule has 12 heteroatoms. The van der Waals surface area contributed by atoms with Crippen LogP contribution in [0.4, 0.5) is 0 Å². The Kier molecular flexibility index (Phi) is 13.9. The lowest BCUT2D eigenvalue weighted by atomic mass is 10.0. The van der Waals surface area contributed by atoms with Crippen LogP contribution in [0.2, 0.25) is 0 Å². The van der Waals surface area contributed by atoms with Crippen LogP contribution in [-0.4, -0.2) is 90.7 Å². The van der Waals surface area contributed by atoms with Crippen LogP contribution in [0.3, 0.4) is 0 Å². The molecule has 0 aliphatic carbocycles. The Morgan fingerprint density at radius 1 is 0.970 bits per heavy atom. The van der Waals surface area contributed by atoms with Crippen molar-refractivity contribution >= 4 is 85.5 Å². The molecule has 0 spiro atoms. The lowest BCUT2D eigenvalue weighted by Crippen LogP contribution is -2.46. The lowest BCUT2D eigenvalue weighted by Gasteiger charge is -2.25. The van der Waals surface area contributed by atoms with Crippen molar-refractivity contribution in [2.75, 3.05) is 46.9 Å². The fourth-order valence-electron chi connectivity index (χ4n) is 3.18. The fourth-order valence-corrected chi connectivity index (χ4v) is 7.30. The summed E-state index contributed by atoms with van der Waals surface area (Å²) in [7, 11) is 3.28. The van der Waals surface area contributed by atoms with Gasteiger partial charge < -0.3 is 31.1 Å². The third-order valence-corrected chi connectivity index (χ3v) is 8.77.